The number of hydrogen-bond acceptors (Lipinski definition) is 0. The van der Waals surface area contributed by atoms with Gasteiger partial charge in [0.05, 0.1) is 0 Å². The topological polar surface area (TPSA) is 0 Å². The highest BCUT2D eigenvalue weighted by molar-refractivity contribution is 5.60. The van der Waals surface area contributed by atoms with Gasteiger partial charge in [-0.1, -0.05) is 72.8 Å². The van der Waals surface area contributed by atoms with Gasteiger partial charge in [-0.05, 0) is 71.6 Å². The van der Waals surface area contributed by atoms with Gasteiger partial charge in [-0.2, -0.15) is 0 Å². The molecule has 0 aromatic heterocycles. The lowest BCUT2D eigenvalue weighted by molar-refractivity contribution is 0.313. The predicted octanol–water partition coefficient (Wildman–Crippen LogP) is 6.41. The first kappa shape index (κ1) is 14.3. The lowest BCUT2D eigenvalue weighted by Gasteiger charge is -2.38. The number of benzene rings is 2. The van der Waals surface area contributed by atoms with Crippen LogP contribution in [0.2, 0.25) is 0 Å². The summed E-state index contributed by atoms with van der Waals surface area (Å²) in [5.41, 5.74) is 6.06. The Morgan fingerprint density at radius 2 is 1.00 bits per heavy atom. The van der Waals surface area contributed by atoms with Crippen molar-refractivity contribution < 1.29 is 0 Å². The highest BCUT2D eigenvalue weighted by atomic mass is 14.4. The lowest BCUT2D eigenvalue weighted by atomic mass is 9.66. The molecule has 2 aromatic carbocycles. The highest BCUT2D eigenvalue weighted by Crippen LogP contribution is 2.48. The van der Waals surface area contributed by atoms with Crippen molar-refractivity contribution in [1.82, 2.24) is 0 Å². The lowest BCUT2D eigenvalue weighted by Crippen LogP contribution is -2.24. The third kappa shape index (κ3) is 2.28. The summed E-state index contributed by atoms with van der Waals surface area (Å²) in [7, 11) is 0. The van der Waals surface area contributed by atoms with Crippen LogP contribution < -0.4 is 0 Å². The van der Waals surface area contributed by atoms with Crippen molar-refractivity contribution in [1.29, 1.82) is 0 Å². The standard InChI is InChI=1S/C24H24/c1-3-7-21-17(5-1)9-11-19-13-14-20-12-10-18-6-2-4-8-22(18)24(20)16-15-23(19)21/h1-12,19-20,23-24H,13-16H2. The van der Waals surface area contributed by atoms with E-state index in [0.29, 0.717) is 11.8 Å². The number of hydrogen-bond donors (Lipinski definition) is 0. The van der Waals surface area contributed by atoms with E-state index in [-0.39, 0.29) is 0 Å². The molecule has 0 bridgehead atoms. The Bertz CT molecular complexity index is 741. The van der Waals surface area contributed by atoms with E-state index in [1.54, 1.807) is 11.1 Å². The van der Waals surface area contributed by atoms with Gasteiger partial charge in [0.1, 0.15) is 0 Å². The molecule has 0 saturated heterocycles. The smallest absolute Gasteiger partial charge is 0.00927 e. The zero-order valence-electron chi connectivity index (χ0n) is 14.1. The molecule has 4 unspecified atom stereocenters. The summed E-state index contributed by atoms with van der Waals surface area (Å²) in [4.78, 5) is 0. The first-order valence-corrected chi connectivity index (χ1v) is 9.44. The Balaban J connectivity index is 1.49. The third-order valence-electron chi connectivity index (χ3n) is 6.49. The quantitative estimate of drug-likeness (QED) is 0.527. The normalized spacial score (nSPS) is 30.3. The van der Waals surface area contributed by atoms with Gasteiger partial charge >= 0.3 is 0 Å². The molecule has 3 aliphatic carbocycles. The minimum atomic E-state index is 0.713. The molecule has 120 valence electrons. The van der Waals surface area contributed by atoms with Crippen LogP contribution >= 0.6 is 0 Å². The van der Waals surface area contributed by atoms with Gasteiger partial charge in [0.25, 0.3) is 0 Å². The maximum absolute atomic E-state index is 2.49. The van der Waals surface area contributed by atoms with Crippen LogP contribution in [0.1, 0.15) is 59.8 Å². The Morgan fingerprint density at radius 3 is 1.50 bits per heavy atom. The second-order valence-corrected chi connectivity index (χ2v) is 7.67. The van der Waals surface area contributed by atoms with Gasteiger partial charge < -0.3 is 0 Å². The van der Waals surface area contributed by atoms with E-state index in [2.05, 4.69) is 72.8 Å². The molecule has 0 heteroatoms. The molecular weight excluding hydrogens is 288 g/mol. The average molecular weight is 312 g/mol. The fourth-order valence-corrected chi connectivity index (χ4v) is 5.26. The number of allylic oxidation sites excluding steroid dienone is 2. The fourth-order valence-electron chi connectivity index (χ4n) is 5.26. The largest absolute Gasteiger partial charge is 0.0802 e. The van der Waals surface area contributed by atoms with Gasteiger partial charge in [-0.3, -0.25) is 0 Å². The van der Waals surface area contributed by atoms with Crippen molar-refractivity contribution >= 4 is 12.2 Å². The molecule has 2 aromatic rings. The maximum Gasteiger partial charge on any atom is -0.00927 e. The van der Waals surface area contributed by atoms with Gasteiger partial charge in [0.2, 0.25) is 0 Å². The van der Waals surface area contributed by atoms with Gasteiger partial charge in [-0.25, -0.2) is 0 Å². The van der Waals surface area contributed by atoms with Crippen LogP contribution in [0.15, 0.2) is 60.7 Å². The summed E-state index contributed by atoms with van der Waals surface area (Å²) < 4.78 is 0. The number of fused-ring (bicyclic) bond motifs is 6. The minimum Gasteiger partial charge on any atom is -0.0802 e. The molecule has 1 fully saturated rings. The summed E-state index contributed by atoms with van der Waals surface area (Å²) in [6.07, 6.45) is 15.0. The van der Waals surface area contributed by atoms with E-state index in [1.165, 1.54) is 36.8 Å². The minimum absolute atomic E-state index is 0.713. The van der Waals surface area contributed by atoms with Crippen molar-refractivity contribution in [2.75, 3.05) is 0 Å². The molecule has 0 radical (unpaired) electrons. The summed E-state index contributed by atoms with van der Waals surface area (Å²) >= 11 is 0. The zero-order chi connectivity index (χ0) is 15.9. The van der Waals surface area contributed by atoms with E-state index in [4.69, 9.17) is 0 Å². The van der Waals surface area contributed by atoms with E-state index in [9.17, 15) is 0 Å². The average Bonchev–Trinajstić information content (AvgIpc) is 2.62. The molecule has 3 aliphatic rings. The molecule has 0 heterocycles. The summed E-state index contributed by atoms with van der Waals surface area (Å²) in [5, 5.41) is 0. The molecule has 1 saturated carbocycles. The molecule has 0 nitrogen and oxygen atoms in total. The second kappa shape index (κ2) is 5.77. The molecule has 24 heavy (non-hydrogen) atoms. The zero-order valence-corrected chi connectivity index (χ0v) is 14.1. The van der Waals surface area contributed by atoms with Crippen molar-refractivity contribution in [3.05, 3.63) is 82.9 Å². The van der Waals surface area contributed by atoms with Crippen LogP contribution in [0, 0.1) is 11.8 Å². The summed E-state index contributed by atoms with van der Waals surface area (Å²) in [6, 6.07) is 18.1. The van der Waals surface area contributed by atoms with Crippen LogP contribution in [-0.2, 0) is 0 Å². The van der Waals surface area contributed by atoms with Gasteiger partial charge in [0, 0.05) is 0 Å². The monoisotopic (exact) mass is 312 g/mol. The fraction of sp³-hybridized carbons (Fsp3) is 0.333. The van der Waals surface area contributed by atoms with Crippen LogP contribution in [0.4, 0.5) is 0 Å². The SMILES string of the molecule is C1=CC2CCC3C=Cc4ccccc4C3CCC2c2ccccc21. The molecule has 4 atom stereocenters. The van der Waals surface area contributed by atoms with Gasteiger partial charge in [0.15, 0.2) is 0 Å². The first-order chi connectivity index (χ1) is 11.9. The molecule has 0 amide bonds. The molecule has 0 N–H and O–H groups in total. The molecule has 0 aliphatic heterocycles. The van der Waals surface area contributed by atoms with E-state index in [0.717, 1.165) is 11.8 Å². The number of rotatable bonds is 0. The van der Waals surface area contributed by atoms with E-state index in [1.807, 2.05) is 0 Å². The second-order valence-electron chi connectivity index (χ2n) is 7.67. The van der Waals surface area contributed by atoms with Crippen molar-refractivity contribution in [2.24, 2.45) is 11.8 Å². The van der Waals surface area contributed by atoms with Crippen LogP contribution in [-0.4, -0.2) is 0 Å². The van der Waals surface area contributed by atoms with Crippen molar-refractivity contribution in [2.45, 2.75) is 37.5 Å². The van der Waals surface area contributed by atoms with Crippen LogP contribution in [0.5, 0.6) is 0 Å². The van der Waals surface area contributed by atoms with Crippen LogP contribution in [0.3, 0.4) is 0 Å². The Labute approximate surface area is 144 Å². The highest BCUT2D eigenvalue weighted by Gasteiger charge is 2.33. The van der Waals surface area contributed by atoms with Crippen molar-refractivity contribution in [3.63, 3.8) is 0 Å². The summed E-state index contributed by atoms with van der Waals surface area (Å²) in [5.74, 6) is 2.88. The predicted molar refractivity (Wildman–Crippen MR) is 102 cm³/mol. The van der Waals surface area contributed by atoms with E-state index < -0.39 is 0 Å². The maximum atomic E-state index is 2.49. The molecular formula is C24H24. The van der Waals surface area contributed by atoms with Gasteiger partial charge in [-0.15, -0.1) is 0 Å². The van der Waals surface area contributed by atoms with E-state index >= 15 is 0 Å². The first-order valence-electron chi connectivity index (χ1n) is 9.44. The Kier molecular flexibility index (Phi) is 3.43. The Hall–Kier alpha value is -2.08. The molecule has 5 rings (SSSR count). The summed E-state index contributed by atoms with van der Waals surface area (Å²) in [6.45, 7) is 0. The van der Waals surface area contributed by atoms with Crippen LogP contribution in [0.25, 0.3) is 12.2 Å². The van der Waals surface area contributed by atoms with Crippen molar-refractivity contribution in [3.8, 4) is 0 Å². The molecule has 0 spiro atoms. The Morgan fingerprint density at radius 1 is 0.542 bits per heavy atom. The third-order valence-corrected chi connectivity index (χ3v) is 6.49.